The maximum Gasteiger partial charge on any atom is 0.414 e. The van der Waals surface area contributed by atoms with Crippen molar-refractivity contribution in [2.24, 2.45) is 0 Å². The summed E-state index contributed by atoms with van der Waals surface area (Å²) in [6.07, 6.45) is 1.15. The lowest BCUT2D eigenvalue weighted by Gasteiger charge is -2.43. The van der Waals surface area contributed by atoms with E-state index in [1.807, 2.05) is 24.3 Å². The van der Waals surface area contributed by atoms with Crippen molar-refractivity contribution in [2.75, 3.05) is 41.0 Å². The molecule has 0 saturated carbocycles. The zero-order valence-corrected chi connectivity index (χ0v) is 20.2. The summed E-state index contributed by atoms with van der Waals surface area (Å²) in [4.78, 5) is 29.2. The van der Waals surface area contributed by atoms with Crippen LogP contribution in [0, 0.1) is 0 Å². The number of halogens is 1. The van der Waals surface area contributed by atoms with Crippen LogP contribution in [0.3, 0.4) is 0 Å². The number of ether oxygens (including phenoxy) is 1. The van der Waals surface area contributed by atoms with Crippen LogP contribution in [0.25, 0.3) is 0 Å². The van der Waals surface area contributed by atoms with Crippen LogP contribution >= 0.6 is 11.6 Å². The fourth-order valence-corrected chi connectivity index (χ4v) is 5.00. The van der Waals surface area contributed by atoms with Gasteiger partial charge in [-0.25, -0.2) is 14.8 Å². The molecular weight excluding hydrogens is 440 g/mol. The van der Waals surface area contributed by atoms with Gasteiger partial charge in [-0.1, -0.05) is 11.6 Å². The van der Waals surface area contributed by atoms with Gasteiger partial charge in [0.25, 0.3) is 0 Å². The Bertz CT molecular complexity index is 1000. The number of fused-ring (bicyclic) bond motifs is 1. The van der Waals surface area contributed by atoms with Crippen LogP contribution < -0.4 is 14.8 Å². The molecule has 0 N–H and O–H groups in total. The predicted molar refractivity (Wildman–Crippen MR) is 132 cm³/mol. The molecule has 2 heterocycles. The van der Waals surface area contributed by atoms with E-state index in [4.69, 9.17) is 16.3 Å². The highest BCUT2D eigenvalue weighted by Crippen LogP contribution is 2.34. The third-order valence-electron chi connectivity index (χ3n) is 6.46. The van der Waals surface area contributed by atoms with E-state index in [0.717, 1.165) is 48.6 Å². The highest BCUT2D eigenvalue weighted by Gasteiger charge is 2.36. The van der Waals surface area contributed by atoms with Crippen molar-refractivity contribution in [3.63, 3.8) is 0 Å². The Morgan fingerprint density at radius 3 is 2.30 bits per heavy atom. The fourth-order valence-electron chi connectivity index (χ4n) is 4.81. The van der Waals surface area contributed by atoms with Gasteiger partial charge in [0.15, 0.2) is 0 Å². The van der Waals surface area contributed by atoms with Crippen LogP contribution in [0.15, 0.2) is 42.5 Å². The summed E-state index contributed by atoms with van der Waals surface area (Å²) in [6, 6.07) is 13.7. The largest absolute Gasteiger partial charge is 0.444 e. The number of hydrogen-bond acceptors (Lipinski definition) is 5. The average molecular weight is 471 g/mol. The zero-order valence-electron chi connectivity index (χ0n) is 19.5. The van der Waals surface area contributed by atoms with Gasteiger partial charge in [0.1, 0.15) is 6.61 Å². The Balaban J connectivity index is 1.48. The Morgan fingerprint density at radius 2 is 1.70 bits per heavy atom. The lowest BCUT2D eigenvalue weighted by Crippen LogP contribution is -2.55. The fraction of sp³-hybridized carbons (Fsp3) is 0.440. The van der Waals surface area contributed by atoms with Crippen molar-refractivity contribution in [3.05, 3.63) is 53.1 Å². The van der Waals surface area contributed by atoms with Gasteiger partial charge in [-0.05, 0) is 69.2 Å². The lowest BCUT2D eigenvalue weighted by molar-refractivity contribution is -0.119. The number of anilines is 3. The molecule has 1 fully saturated rings. The van der Waals surface area contributed by atoms with E-state index < -0.39 is 0 Å². The number of hydrogen-bond donors (Lipinski definition) is 0. The number of benzene rings is 2. The first-order chi connectivity index (χ1) is 15.9. The number of amides is 2. The number of nitrogens with zero attached hydrogens (tertiary/aromatic N) is 4. The number of piperidine rings is 1. The van der Waals surface area contributed by atoms with E-state index in [0.29, 0.717) is 18.1 Å². The maximum absolute atomic E-state index is 12.6. The third kappa shape index (κ3) is 4.80. The van der Waals surface area contributed by atoms with Gasteiger partial charge in [0.2, 0.25) is 5.91 Å². The van der Waals surface area contributed by atoms with Crippen molar-refractivity contribution in [1.82, 2.24) is 5.01 Å². The lowest BCUT2D eigenvalue weighted by atomic mass is 10.0. The van der Waals surface area contributed by atoms with Crippen molar-refractivity contribution in [2.45, 2.75) is 46.3 Å². The topological polar surface area (TPSA) is 56.3 Å². The Labute approximate surface area is 200 Å². The average Bonchev–Trinajstić information content (AvgIpc) is 2.81. The van der Waals surface area contributed by atoms with Crippen molar-refractivity contribution in [3.8, 4) is 0 Å². The second-order valence-electron chi connectivity index (χ2n) is 8.40. The van der Waals surface area contributed by atoms with Crippen LogP contribution in [0.1, 0.15) is 39.2 Å². The molecule has 2 aromatic rings. The second-order valence-corrected chi connectivity index (χ2v) is 8.84. The molecule has 1 saturated heterocycles. The number of hydrazine groups is 1. The first-order valence-electron chi connectivity index (χ1n) is 11.6. The molecule has 0 bridgehead atoms. The van der Waals surface area contributed by atoms with Crippen LogP contribution in [0.5, 0.6) is 0 Å². The van der Waals surface area contributed by atoms with Crippen LogP contribution in [0.2, 0.25) is 5.02 Å². The number of cyclic esters (lactones) is 1. The van der Waals surface area contributed by atoms with E-state index in [1.54, 1.807) is 22.9 Å². The minimum atomic E-state index is -0.321. The van der Waals surface area contributed by atoms with Crippen molar-refractivity contribution < 1.29 is 14.3 Å². The summed E-state index contributed by atoms with van der Waals surface area (Å²) in [7, 11) is 0. The standard InChI is InChI=1S/C25H31ClN4O3/c1-4-27(5-2)21-7-9-23(10-8-21)30(18(3)31)28-14-12-22(13-15-28)29-24-11-6-20(26)16-19(24)17-33-25(29)32/h6-11,16,22H,4-5,12-15,17H2,1-3H3. The minimum Gasteiger partial charge on any atom is -0.444 e. The summed E-state index contributed by atoms with van der Waals surface area (Å²) in [6.45, 7) is 9.30. The van der Waals surface area contributed by atoms with Gasteiger partial charge in [-0.15, -0.1) is 0 Å². The first kappa shape index (κ1) is 23.4. The van der Waals surface area contributed by atoms with Gasteiger partial charge < -0.3 is 9.64 Å². The van der Waals surface area contributed by atoms with E-state index in [2.05, 4.69) is 35.9 Å². The van der Waals surface area contributed by atoms with Crippen LogP contribution in [-0.2, 0) is 16.1 Å². The van der Waals surface area contributed by atoms with Gasteiger partial charge in [0, 0.05) is 55.4 Å². The van der Waals surface area contributed by atoms with Gasteiger partial charge in [-0.3, -0.25) is 9.69 Å². The van der Waals surface area contributed by atoms with E-state index in [9.17, 15) is 9.59 Å². The molecule has 176 valence electrons. The number of carbonyl (C=O) groups excluding carboxylic acids is 2. The molecule has 8 heteroatoms. The smallest absolute Gasteiger partial charge is 0.414 e. The molecule has 4 rings (SSSR count). The van der Waals surface area contributed by atoms with Gasteiger partial charge >= 0.3 is 6.09 Å². The molecule has 7 nitrogen and oxygen atoms in total. The Morgan fingerprint density at radius 1 is 1.06 bits per heavy atom. The summed E-state index contributed by atoms with van der Waals surface area (Å²) in [5.41, 5.74) is 3.79. The Kier molecular flexibility index (Phi) is 7.10. The molecule has 0 aliphatic carbocycles. The molecule has 2 amide bonds. The summed E-state index contributed by atoms with van der Waals surface area (Å²) in [5, 5.41) is 4.46. The SMILES string of the molecule is CCN(CC)c1ccc(N(C(C)=O)N2CCC(N3C(=O)OCc4cc(Cl)ccc43)CC2)cc1. The van der Waals surface area contributed by atoms with Crippen LogP contribution in [-0.4, -0.2) is 49.2 Å². The maximum atomic E-state index is 12.6. The van der Waals surface area contributed by atoms with Crippen molar-refractivity contribution >= 4 is 40.7 Å². The molecule has 2 aliphatic heterocycles. The van der Waals surface area contributed by atoms with Crippen molar-refractivity contribution in [1.29, 1.82) is 0 Å². The van der Waals surface area contributed by atoms with Gasteiger partial charge in [0.05, 0.1) is 11.4 Å². The predicted octanol–water partition coefficient (Wildman–Crippen LogP) is 5.08. The molecule has 0 spiro atoms. The normalized spacial score (nSPS) is 16.8. The third-order valence-corrected chi connectivity index (χ3v) is 6.69. The van der Waals surface area contributed by atoms with E-state index in [1.165, 1.54) is 0 Å². The highest BCUT2D eigenvalue weighted by atomic mass is 35.5. The van der Waals surface area contributed by atoms with Gasteiger partial charge in [-0.2, -0.15) is 0 Å². The molecule has 0 atom stereocenters. The molecule has 0 aromatic heterocycles. The molecule has 0 radical (unpaired) electrons. The molecule has 2 aromatic carbocycles. The van der Waals surface area contributed by atoms with Crippen LogP contribution in [0.4, 0.5) is 21.9 Å². The van der Waals surface area contributed by atoms with E-state index >= 15 is 0 Å². The summed E-state index contributed by atoms with van der Waals surface area (Å²) < 4.78 is 5.40. The monoisotopic (exact) mass is 470 g/mol. The highest BCUT2D eigenvalue weighted by molar-refractivity contribution is 6.30. The Hall–Kier alpha value is -2.77. The molecular formula is C25H31ClN4O3. The summed E-state index contributed by atoms with van der Waals surface area (Å²) in [5.74, 6) is -0.0265. The quantitative estimate of drug-likeness (QED) is 0.589. The molecule has 0 unspecified atom stereocenters. The number of rotatable bonds is 6. The molecule has 2 aliphatic rings. The zero-order chi connectivity index (χ0) is 23.5. The second kappa shape index (κ2) is 10.0. The van der Waals surface area contributed by atoms with E-state index in [-0.39, 0.29) is 24.6 Å². The summed E-state index contributed by atoms with van der Waals surface area (Å²) >= 11 is 6.13. The minimum absolute atomic E-state index is 0.00725. The first-order valence-corrected chi connectivity index (χ1v) is 12.0. The number of carbonyl (C=O) groups is 2. The molecule has 33 heavy (non-hydrogen) atoms.